The van der Waals surface area contributed by atoms with Gasteiger partial charge in [0, 0.05) is 11.4 Å². The Bertz CT molecular complexity index is 1070. The number of carboxylic acids is 1. The first-order valence-corrected chi connectivity index (χ1v) is 16.8. The Morgan fingerprint density at radius 2 is 1.73 bits per heavy atom. The maximum absolute atomic E-state index is 12.4. The van der Waals surface area contributed by atoms with Gasteiger partial charge in [-0.1, -0.05) is 65.9 Å². The molecular weight excluding hydrogens is 492 g/mol. The third-order valence-corrected chi connectivity index (χ3v) is 13.6. The van der Waals surface area contributed by atoms with E-state index in [1.807, 2.05) is 6.92 Å². The lowest BCUT2D eigenvalue weighted by molar-refractivity contribution is -0.143. The summed E-state index contributed by atoms with van der Waals surface area (Å²) in [6.45, 7) is 12.0. The molecule has 0 amide bonds. The number of hydrogen-bond acceptors (Lipinski definition) is 3. The molecule has 4 fully saturated rings. The van der Waals surface area contributed by atoms with Crippen molar-refractivity contribution in [2.75, 3.05) is 11.5 Å². The summed E-state index contributed by atoms with van der Waals surface area (Å²) < 4.78 is 0. The molecular formula is C36H58N2O2. The van der Waals surface area contributed by atoms with Crippen LogP contribution in [0.15, 0.2) is 18.2 Å². The van der Waals surface area contributed by atoms with Crippen LogP contribution < -0.4 is 11.5 Å². The maximum atomic E-state index is 12.4. The van der Waals surface area contributed by atoms with Crippen LogP contribution >= 0.6 is 0 Å². The Morgan fingerprint density at radius 3 is 2.45 bits per heavy atom. The van der Waals surface area contributed by atoms with Crippen LogP contribution in [0.3, 0.4) is 0 Å². The van der Waals surface area contributed by atoms with Gasteiger partial charge in [-0.2, -0.15) is 0 Å². The van der Waals surface area contributed by atoms with E-state index >= 15 is 0 Å². The van der Waals surface area contributed by atoms with E-state index in [1.54, 1.807) is 18.2 Å². The monoisotopic (exact) mass is 550 g/mol. The molecule has 10 atom stereocenters. The van der Waals surface area contributed by atoms with Crippen molar-refractivity contribution in [3.63, 3.8) is 0 Å². The second kappa shape index (κ2) is 11.2. The minimum absolute atomic E-state index is 0.319. The number of benzene rings is 1. The first-order chi connectivity index (χ1) is 18.9. The number of anilines is 2. The Balaban J connectivity index is 1.18. The largest absolute Gasteiger partial charge is 0.481 e. The van der Waals surface area contributed by atoms with E-state index in [9.17, 15) is 9.90 Å². The summed E-state index contributed by atoms with van der Waals surface area (Å²) in [5.41, 5.74) is 14.0. The smallest absolute Gasteiger partial charge is 0.313 e. The lowest BCUT2D eigenvalue weighted by atomic mass is 9.44. The number of rotatable bonds is 9. The van der Waals surface area contributed by atoms with Crippen LogP contribution in [0.1, 0.15) is 130 Å². The van der Waals surface area contributed by atoms with Crippen molar-refractivity contribution >= 4 is 17.3 Å². The molecule has 0 spiro atoms. The molecule has 4 aliphatic rings. The number of carboxylic acid groups (broad SMARTS) is 1. The van der Waals surface area contributed by atoms with Crippen LogP contribution in [0.25, 0.3) is 0 Å². The Kier molecular flexibility index (Phi) is 8.32. The molecule has 4 heteroatoms. The van der Waals surface area contributed by atoms with Gasteiger partial charge >= 0.3 is 5.97 Å². The zero-order valence-corrected chi connectivity index (χ0v) is 26.2. The average molecular weight is 551 g/mol. The Labute approximate surface area is 244 Å². The second-order valence-electron chi connectivity index (χ2n) is 15.8. The highest BCUT2D eigenvalue weighted by Crippen LogP contribution is 2.68. The van der Waals surface area contributed by atoms with Gasteiger partial charge in [-0.15, -0.1) is 0 Å². The zero-order valence-electron chi connectivity index (χ0n) is 26.2. The molecule has 4 saturated carbocycles. The van der Waals surface area contributed by atoms with E-state index in [0.717, 1.165) is 41.9 Å². The molecule has 224 valence electrons. The summed E-state index contributed by atoms with van der Waals surface area (Å²) in [4.78, 5) is 12.4. The van der Waals surface area contributed by atoms with Crippen LogP contribution in [0.4, 0.5) is 11.4 Å². The van der Waals surface area contributed by atoms with Crippen molar-refractivity contribution in [1.29, 1.82) is 0 Å². The van der Waals surface area contributed by atoms with Gasteiger partial charge in [0.05, 0.1) is 5.41 Å². The first-order valence-electron chi connectivity index (χ1n) is 16.8. The molecule has 40 heavy (non-hydrogen) atoms. The summed E-state index contributed by atoms with van der Waals surface area (Å²) in [6.07, 6.45) is 18.9. The van der Waals surface area contributed by atoms with Gasteiger partial charge < -0.3 is 16.6 Å². The molecule has 5 N–H and O–H groups in total. The minimum atomic E-state index is -0.998. The zero-order chi connectivity index (χ0) is 28.9. The average Bonchev–Trinajstić information content (AvgIpc) is 3.25. The van der Waals surface area contributed by atoms with Crippen molar-refractivity contribution in [3.8, 4) is 0 Å². The predicted octanol–water partition coefficient (Wildman–Crippen LogP) is 9.07. The molecule has 0 radical (unpaired) electrons. The molecule has 0 saturated heterocycles. The Hall–Kier alpha value is -1.71. The predicted molar refractivity (Wildman–Crippen MR) is 167 cm³/mol. The molecule has 5 rings (SSSR count). The summed E-state index contributed by atoms with van der Waals surface area (Å²) in [5.74, 6) is 5.02. The molecule has 0 aromatic heterocycles. The third-order valence-electron chi connectivity index (χ3n) is 13.6. The standard InChI is InChI=1S/C36H58N2O2/c1-23(22-36(5,33(39)40)31-15-13-26(37)21-32(31)38)9-8-10-24(2)28-16-17-29-27-14-12-25-11-6-7-19-34(25,3)30(27)18-20-35(28,29)4/h13,15,21,23-25,27-30H,6-12,14,16-20,22,37-38H2,1-5H3,(H,39,40)/t23?,24-,25?,27+,28-,29+,30+,34+,35-,36?/m1/s1. The number of carbonyl (C=O) groups is 1. The topological polar surface area (TPSA) is 89.3 Å². The fraction of sp³-hybridized carbons (Fsp3) is 0.806. The SMILES string of the molecule is CC(CCC[C@@H](C)[C@H]1CC[C@H]2[C@@H]3CCC4CCCC[C@]4(C)[C@H]3CC[C@]12C)CC(C)(C(=O)O)c1ccc(N)cc1N. The first kappa shape index (κ1) is 29.8. The highest BCUT2D eigenvalue weighted by Gasteiger charge is 2.60. The number of fused-ring (bicyclic) bond motifs is 5. The molecule has 4 aliphatic carbocycles. The summed E-state index contributed by atoms with van der Waals surface area (Å²) in [6, 6.07) is 5.26. The number of hydrogen-bond donors (Lipinski definition) is 3. The highest BCUT2D eigenvalue weighted by atomic mass is 16.4. The van der Waals surface area contributed by atoms with Gasteiger partial charge in [-0.3, -0.25) is 4.79 Å². The van der Waals surface area contributed by atoms with E-state index < -0.39 is 11.4 Å². The molecule has 1 aromatic carbocycles. The molecule has 0 bridgehead atoms. The van der Waals surface area contributed by atoms with Crippen molar-refractivity contribution in [2.45, 2.75) is 130 Å². The van der Waals surface area contributed by atoms with Crippen LogP contribution in [0.2, 0.25) is 0 Å². The molecule has 3 unspecified atom stereocenters. The normalized spacial score (nSPS) is 38.4. The fourth-order valence-corrected chi connectivity index (χ4v) is 11.5. The van der Waals surface area contributed by atoms with Gasteiger partial charge in [0.15, 0.2) is 0 Å². The molecule has 0 aliphatic heterocycles. The van der Waals surface area contributed by atoms with Crippen LogP contribution in [0, 0.1) is 52.3 Å². The maximum Gasteiger partial charge on any atom is 0.313 e. The lowest BCUT2D eigenvalue weighted by Gasteiger charge is -2.61. The van der Waals surface area contributed by atoms with E-state index in [0.29, 0.717) is 40.1 Å². The number of nitrogen functional groups attached to an aromatic ring is 2. The van der Waals surface area contributed by atoms with Crippen LogP contribution in [-0.4, -0.2) is 11.1 Å². The Morgan fingerprint density at radius 1 is 0.975 bits per heavy atom. The van der Waals surface area contributed by atoms with E-state index in [-0.39, 0.29) is 0 Å². The van der Waals surface area contributed by atoms with Gasteiger partial charge in [0.1, 0.15) is 0 Å². The second-order valence-corrected chi connectivity index (χ2v) is 15.8. The number of aliphatic carboxylic acids is 1. The molecule has 0 heterocycles. The van der Waals surface area contributed by atoms with Gasteiger partial charge in [0.25, 0.3) is 0 Å². The van der Waals surface area contributed by atoms with Gasteiger partial charge in [-0.05, 0) is 135 Å². The van der Waals surface area contributed by atoms with Crippen molar-refractivity contribution in [3.05, 3.63) is 23.8 Å². The van der Waals surface area contributed by atoms with Crippen molar-refractivity contribution < 1.29 is 9.90 Å². The van der Waals surface area contributed by atoms with Crippen LogP contribution in [0.5, 0.6) is 0 Å². The van der Waals surface area contributed by atoms with E-state index in [2.05, 4.69) is 27.7 Å². The lowest BCUT2D eigenvalue weighted by Crippen LogP contribution is -2.53. The van der Waals surface area contributed by atoms with Crippen LogP contribution in [-0.2, 0) is 10.2 Å². The molecule has 4 nitrogen and oxygen atoms in total. The minimum Gasteiger partial charge on any atom is -0.481 e. The fourth-order valence-electron chi connectivity index (χ4n) is 11.5. The van der Waals surface area contributed by atoms with Gasteiger partial charge in [0.2, 0.25) is 0 Å². The molecule has 1 aromatic rings. The third kappa shape index (κ3) is 5.08. The van der Waals surface area contributed by atoms with Gasteiger partial charge in [-0.25, -0.2) is 0 Å². The van der Waals surface area contributed by atoms with Crippen molar-refractivity contribution in [2.24, 2.45) is 52.3 Å². The highest BCUT2D eigenvalue weighted by molar-refractivity contribution is 5.83. The summed E-state index contributed by atoms with van der Waals surface area (Å²) in [5, 5.41) is 10.2. The van der Waals surface area contributed by atoms with E-state index in [4.69, 9.17) is 11.5 Å². The van der Waals surface area contributed by atoms with Crippen molar-refractivity contribution in [1.82, 2.24) is 0 Å². The van der Waals surface area contributed by atoms with E-state index in [1.165, 1.54) is 77.0 Å². The summed E-state index contributed by atoms with van der Waals surface area (Å²) in [7, 11) is 0. The quantitative estimate of drug-likeness (QED) is 0.267. The summed E-state index contributed by atoms with van der Waals surface area (Å²) >= 11 is 0. The number of nitrogens with two attached hydrogens (primary N) is 2.